The number of hydrogen-bond donors (Lipinski definition) is 1. The minimum Gasteiger partial charge on any atom is -0.326 e. The number of aryl methyl sites for hydroxylation is 1. The Morgan fingerprint density at radius 3 is 2.63 bits per heavy atom. The van der Waals surface area contributed by atoms with E-state index in [2.05, 4.69) is 20.8 Å². The Morgan fingerprint density at radius 2 is 2.05 bits per heavy atom. The first-order chi connectivity index (χ1) is 8.88. The highest BCUT2D eigenvalue weighted by molar-refractivity contribution is 5.94. The molecule has 0 spiro atoms. The van der Waals surface area contributed by atoms with Crippen LogP contribution < -0.4 is 5.32 Å². The molecule has 0 atom stereocenters. The van der Waals surface area contributed by atoms with Crippen molar-refractivity contribution in [2.75, 3.05) is 5.32 Å². The zero-order valence-electron chi connectivity index (χ0n) is 11.5. The first-order valence-corrected chi connectivity index (χ1v) is 6.03. The third-order valence-electron chi connectivity index (χ3n) is 2.74. The maximum atomic E-state index is 12.0. The van der Waals surface area contributed by atoms with Crippen molar-refractivity contribution in [1.82, 2.24) is 20.2 Å². The van der Waals surface area contributed by atoms with Crippen molar-refractivity contribution >= 4 is 11.6 Å². The molecule has 6 nitrogen and oxygen atoms in total. The Hall–Kier alpha value is -2.24. The maximum absolute atomic E-state index is 12.0. The average Bonchev–Trinajstić information content (AvgIpc) is 2.83. The lowest BCUT2D eigenvalue weighted by atomic mass is 9.95. The van der Waals surface area contributed by atoms with Gasteiger partial charge in [0.2, 0.25) is 5.91 Å². The van der Waals surface area contributed by atoms with E-state index in [1.807, 2.05) is 45.9 Å². The van der Waals surface area contributed by atoms with Gasteiger partial charge in [-0.3, -0.25) is 4.79 Å². The summed E-state index contributed by atoms with van der Waals surface area (Å²) in [6.45, 7) is 7.59. The predicted molar refractivity (Wildman–Crippen MR) is 72.0 cm³/mol. The van der Waals surface area contributed by atoms with E-state index in [-0.39, 0.29) is 5.91 Å². The number of carbonyl (C=O) groups is 1. The van der Waals surface area contributed by atoms with Gasteiger partial charge in [0, 0.05) is 11.1 Å². The fourth-order valence-electron chi connectivity index (χ4n) is 1.52. The molecule has 0 aliphatic heterocycles. The van der Waals surface area contributed by atoms with E-state index in [1.165, 1.54) is 6.33 Å². The monoisotopic (exact) mass is 259 g/mol. The number of tetrazole rings is 1. The molecule has 1 heterocycles. The molecule has 0 aliphatic rings. The number of rotatable bonds is 2. The van der Waals surface area contributed by atoms with E-state index in [9.17, 15) is 4.79 Å². The molecule has 0 saturated carbocycles. The summed E-state index contributed by atoms with van der Waals surface area (Å²) in [5, 5.41) is 14.0. The lowest BCUT2D eigenvalue weighted by Gasteiger charge is -2.18. The minimum atomic E-state index is -0.431. The predicted octanol–water partition coefficient (Wildman–Crippen LogP) is 1.96. The summed E-state index contributed by atoms with van der Waals surface area (Å²) in [5.74, 6) is -0.0287. The zero-order chi connectivity index (χ0) is 14.0. The summed E-state index contributed by atoms with van der Waals surface area (Å²) in [7, 11) is 0. The standard InChI is InChI=1S/C13H17N5O/c1-9-5-6-10(15-12(19)13(2,3)4)7-11(9)18-8-14-16-17-18/h5-8H,1-4H3,(H,15,19). The molecule has 0 aliphatic carbocycles. The molecule has 2 aromatic rings. The van der Waals surface area contributed by atoms with Crippen molar-refractivity contribution < 1.29 is 4.79 Å². The van der Waals surface area contributed by atoms with Gasteiger partial charge in [0.05, 0.1) is 5.69 Å². The van der Waals surface area contributed by atoms with Crippen molar-refractivity contribution in [2.24, 2.45) is 5.41 Å². The summed E-state index contributed by atoms with van der Waals surface area (Å²) in [6.07, 6.45) is 1.53. The average molecular weight is 259 g/mol. The molecular formula is C13H17N5O. The first kappa shape index (κ1) is 13.2. The van der Waals surface area contributed by atoms with Gasteiger partial charge in [-0.15, -0.1) is 5.10 Å². The lowest BCUT2D eigenvalue weighted by molar-refractivity contribution is -0.123. The molecule has 1 N–H and O–H groups in total. The van der Waals surface area contributed by atoms with Gasteiger partial charge in [0.1, 0.15) is 6.33 Å². The molecule has 1 amide bonds. The van der Waals surface area contributed by atoms with Crippen LogP contribution in [-0.2, 0) is 4.79 Å². The van der Waals surface area contributed by atoms with Gasteiger partial charge in [-0.05, 0) is 35.0 Å². The van der Waals surface area contributed by atoms with Crippen molar-refractivity contribution in [2.45, 2.75) is 27.7 Å². The number of nitrogens with zero attached hydrogens (tertiary/aromatic N) is 4. The molecule has 0 unspecified atom stereocenters. The van der Waals surface area contributed by atoms with Crippen LogP contribution in [0.5, 0.6) is 0 Å². The van der Waals surface area contributed by atoms with Crippen LogP contribution in [0.1, 0.15) is 26.3 Å². The van der Waals surface area contributed by atoms with Crippen LogP contribution >= 0.6 is 0 Å². The van der Waals surface area contributed by atoms with Gasteiger partial charge in [-0.1, -0.05) is 26.8 Å². The smallest absolute Gasteiger partial charge is 0.229 e. The summed E-state index contributed by atoms with van der Waals surface area (Å²) in [5.41, 5.74) is 2.17. The van der Waals surface area contributed by atoms with E-state index in [4.69, 9.17) is 0 Å². The van der Waals surface area contributed by atoms with Crippen LogP contribution in [0.2, 0.25) is 0 Å². The SMILES string of the molecule is Cc1ccc(NC(=O)C(C)(C)C)cc1-n1cnnn1. The Labute approximate surface area is 111 Å². The third-order valence-corrected chi connectivity index (χ3v) is 2.74. The molecular weight excluding hydrogens is 242 g/mol. The molecule has 1 aromatic heterocycles. The molecule has 0 fully saturated rings. The highest BCUT2D eigenvalue weighted by atomic mass is 16.2. The summed E-state index contributed by atoms with van der Waals surface area (Å²) < 4.78 is 1.57. The quantitative estimate of drug-likeness (QED) is 0.894. The van der Waals surface area contributed by atoms with Gasteiger partial charge >= 0.3 is 0 Å². The van der Waals surface area contributed by atoms with E-state index >= 15 is 0 Å². The van der Waals surface area contributed by atoms with Crippen LogP contribution in [0.25, 0.3) is 5.69 Å². The van der Waals surface area contributed by atoms with Gasteiger partial charge in [-0.2, -0.15) is 0 Å². The number of aromatic nitrogens is 4. The van der Waals surface area contributed by atoms with Crippen LogP contribution in [-0.4, -0.2) is 26.1 Å². The minimum absolute atomic E-state index is 0.0287. The van der Waals surface area contributed by atoms with Crippen LogP contribution in [0.3, 0.4) is 0 Å². The molecule has 6 heteroatoms. The van der Waals surface area contributed by atoms with E-state index in [0.717, 1.165) is 16.9 Å². The third kappa shape index (κ3) is 2.96. The van der Waals surface area contributed by atoms with Crippen LogP contribution in [0.15, 0.2) is 24.5 Å². The lowest BCUT2D eigenvalue weighted by Crippen LogP contribution is -2.27. The summed E-state index contributed by atoms with van der Waals surface area (Å²) >= 11 is 0. The Bertz CT molecular complexity index is 584. The van der Waals surface area contributed by atoms with E-state index in [0.29, 0.717) is 0 Å². The van der Waals surface area contributed by atoms with E-state index in [1.54, 1.807) is 4.68 Å². The molecule has 0 radical (unpaired) electrons. The number of amides is 1. The van der Waals surface area contributed by atoms with Crippen LogP contribution in [0, 0.1) is 12.3 Å². The topological polar surface area (TPSA) is 72.7 Å². The summed E-state index contributed by atoms with van der Waals surface area (Å²) in [6, 6.07) is 5.65. The normalized spacial score (nSPS) is 11.4. The Balaban J connectivity index is 2.30. The number of nitrogens with one attached hydrogen (secondary N) is 1. The fraction of sp³-hybridized carbons (Fsp3) is 0.385. The molecule has 0 bridgehead atoms. The number of carbonyl (C=O) groups excluding carboxylic acids is 1. The Kier molecular flexibility index (Phi) is 3.33. The van der Waals surface area contributed by atoms with Crippen molar-refractivity contribution in [1.29, 1.82) is 0 Å². The number of benzene rings is 1. The van der Waals surface area contributed by atoms with Crippen molar-refractivity contribution in [3.8, 4) is 5.69 Å². The molecule has 0 saturated heterocycles. The highest BCUT2D eigenvalue weighted by Crippen LogP contribution is 2.21. The Morgan fingerprint density at radius 1 is 1.32 bits per heavy atom. The first-order valence-electron chi connectivity index (χ1n) is 6.03. The number of hydrogen-bond acceptors (Lipinski definition) is 4. The fourth-order valence-corrected chi connectivity index (χ4v) is 1.52. The second-order valence-electron chi connectivity index (χ2n) is 5.46. The van der Waals surface area contributed by atoms with Gasteiger partial charge in [-0.25, -0.2) is 4.68 Å². The second kappa shape index (κ2) is 4.79. The largest absolute Gasteiger partial charge is 0.326 e. The highest BCUT2D eigenvalue weighted by Gasteiger charge is 2.21. The van der Waals surface area contributed by atoms with Gasteiger partial charge < -0.3 is 5.32 Å². The van der Waals surface area contributed by atoms with Crippen molar-refractivity contribution in [3.05, 3.63) is 30.1 Å². The molecule has 2 rings (SSSR count). The molecule has 1 aromatic carbocycles. The number of anilines is 1. The van der Waals surface area contributed by atoms with Crippen molar-refractivity contribution in [3.63, 3.8) is 0 Å². The summed E-state index contributed by atoms with van der Waals surface area (Å²) in [4.78, 5) is 12.0. The second-order valence-corrected chi connectivity index (χ2v) is 5.46. The van der Waals surface area contributed by atoms with E-state index < -0.39 is 5.41 Å². The van der Waals surface area contributed by atoms with Gasteiger partial charge in [0.25, 0.3) is 0 Å². The van der Waals surface area contributed by atoms with Gasteiger partial charge in [0.15, 0.2) is 0 Å². The molecule has 19 heavy (non-hydrogen) atoms. The zero-order valence-corrected chi connectivity index (χ0v) is 11.5. The molecule has 100 valence electrons. The van der Waals surface area contributed by atoms with Crippen LogP contribution in [0.4, 0.5) is 5.69 Å². The maximum Gasteiger partial charge on any atom is 0.229 e.